The summed E-state index contributed by atoms with van der Waals surface area (Å²) < 4.78 is 3.88. The third kappa shape index (κ3) is 4.13. The lowest BCUT2D eigenvalue weighted by Crippen LogP contribution is -2.16. The first-order chi connectivity index (χ1) is 14.5. The molecule has 1 N–H and O–H groups in total. The number of amides is 1. The van der Waals surface area contributed by atoms with E-state index in [-0.39, 0.29) is 5.91 Å². The number of nitrogens with zero attached hydrogens (tertiary/aromatic N) is 4. The van der Waals surface area contributed by atoms with E-state index in [2.05, 4.69) is 40.6 Å². The Balaban J connectivity index is 1.40. The smallest absolute Gasteiger partial charge is 0.226 e. The molecule has 2 aromatic heterocycles. The standard InChI is InChI=1S/C24H27N5O/c1-17-8-7-11-21-16-25-29(24(17)21)15-13-22(30)26-23-18(2)27-28(19(23)3)14-12-20-9-5-4-6-10-20/h4-11,16H,12-15H2,1-3H3,(H,26,30). The van der Waals surface area contributed by atoms with E-state index in [1.54, 1.807) is 0 Å². The van der Waals surface area contributed by atoms with Gasteiger partial charge < -0.3 is 5.32 Å². The van der Waals surface area contributed by atoms with Gasteiger partial charge in [-0.2, -0.15) is 10.2 Å². The van der Waals surface area contributed by atoms with Gasteiger partial charge in [-0.3, -0.25) is 14.2 Å². The first-order valence-corrected chi connectivity index (χ1v) is 10.3. The van der Waals surface area contributed by atoms with Crippen LogP contribution in [0.5, 0.6) is 0 Å². The quantitative estimate of drug-likeness (QED) is 0.498. The maximum atomic E-state index is 12.6. The highest BCUT2D eigenvalue weighted by molar-refractivity contribution is 5.92. The third-order valence-electron chi connectivity index (χ3n) is 5.51. The highest BCUT2D eigenvalue weighted by Gasteiger charge is 2.15. The number of carbonyl (C=O) groups excluding carboxylic acids is 1. The largest absolute Gasteiger partial charge is 0.323 e. The van der Waals surface area contributed by atoms with E-state index in [4.69, 9.17) is 0 Å². The minimum absolute atomic E-state index is 0.0268. The Kier molecular flexibility index (Phi) is 5.65. The normalized spacial score (nSPS) is 11.2. The van der Waals surface area contributed by atoms with E-state index in [9.17, 15) is 4.79 Å². The molecule has 0 saturated heterocycles. The van der Waals surface area contributed by atoms with E-state index in [0.717, 1.165) is 46.5 Å². The SMILES string of the molecule is Cc1nn(CCc2ccccc2)c(C)c1NC(=O)CCn1ncc2cccc(C)c21. The fraction of sp³-hybridized carbons (Fsp3) is 0.292. The molecule has 30 heavy (non-hydrogen) atoms. The van der Waals surface area contributed by atoms with Crippen molar-refractivity contribution in [3.05, 3.63) is 77.2 Å². The number of rotatable bonds is 7. The summed E-state index contributed by atoms with van der Waals surface area (Å²) in [4.78, 5) is 12.6. The number of nitrogens with one attached hydrogen (secondary N) is 1. The van der Waals surface area contributed by atoms with Gasteiger partial charge in [-0.1, -0.05) is 48.5 Å². The zero-order valence-electron chi connectivity index (χ0n) is 17.7. The van der Waals surface area contributed by atoms with Crippen LogP contribution in [0.15, 0.2) is 54.7 Å². The molecule has 0 aliphatic rings. The van der Waals surface area contributed by atoms with Crippen LogP contribution in [0.25, 0.3) is 10.9 Å². The van der Waals surface area contributed by atoms with Crippen molar-refractivity contribution < 1.29 is 4.79 Å². The van der Waals surface area contributed by atoms with E-state index in [0.29, 0.717) is 13.0 Å². The Morgan fingerprint density at radius 1 is 0.967 bits per heavy atom. The second kappa shape index (κ2) is 8.53. The van der Waals surface area contributed by atoms with Gasteiger partial charge >= 0.3 is 0 Å². The lowest BCUT2D eigenvalue weighted by Gasteiger charge is -2.09. The molecule has 0 spiro atoms. The van der Waals surface area contributed by atoms with Crippen molar-refractivity contribution in [2.75, 3.05) is 5.32 Å². The van der Waals surface area contributed by atoms with Crippen LogP contribution in [-0.4, -0.2) is 25.5 Å². The first-order valence-electron chi connectivity index (χ1n) is 10.3. The molecule has 1 amide bonds. The fourth-order valence-electron chi connectivity index (χ4n) is 3.88. The number of hydrogen-bond donors (Lipinski definition) is 1. The predicted octanol–water partition coefficient (Wildman–Crippen LogP) is 4.43. The Labute approximate surface area is 176 Å². The van der Waals surface area contributed by atoms with Gasteiger partial charge in [0.05, 0.1) is 35.3 Å². The van der Waals surface area contributed by atoms with Crippen LogP contribution in [0.2, 0.25) is 0 Å². The minimum atomic E-state index is -0.0268. The maximum absolute atomic E-state index is 12.6. The molecule has 0 bridgehead atoms. The molecule has 4 rings (SSSR count). The maximum Gasteiger partial charge on any atom is 0.226 e. The summed E-state index contributed by atoms with van der Waals surface area (Å²) >= 11 is 0. The third-order valence-corrected chi connectivity index (χ3v) is 5.51. The summed E-state index contributed by atoms with van der Waals surface area (Å²) in [6.07, 6.45) is 3.12. The molecule has 6 heteroatoms. The molecule has 0 aliphatic carbocycles. The van der Waals surface area contributed by atoms with Crippen LogP contribution in [0, 0.1) is 20.8 Å². The zero-order valence-corrected chi connectivity index (χ0v) is 17.7. The van der Waals surface area contributed by atoms with Crippen molar-refractivity contribution in [1.82, 2.24) is 19.6 Å². The number of anilines is 1. The first kappa shape index (κ1) is 19.9. The molecule has 0 fully saturated rings. The predicted molar refractivity (Wildman–Crippen MR) is 120 cm³/mol. The van der Waals surface area contributed by atoms with E-state index < -0.39 is 0 Å². The lowest BCUT2D eigenvalue weighted by atomic mass is 10.1. The highest BCUT2D eigenvalue weighted by Crippen LogP contribution is 2.21. The molecule has 2 aromatic carbocycles. The van der Waals surface area contributed by atoms with Crippen LogP contribution in [0.4, 0.5) is 5.69 Å². The Hall–Kier alpha value is -3.41. The molecule has 154 valence electrons. The van der Waals surface area contributed by atoms with Gasteiger partial charge in [-0.05, 0) is 38.3 Å². The van der Waals surface area contributed by atoms with Crippen molar-refractivity contribution >= 4 is 22.5 Å². The monoisotopic (exact) mass is 401 g/mol. The van der Waals surface area contributed by atoms with Crippen LogP contribution >= 0.6 is 0 Å². The van der Waals surface area contributed by atoms with Crippen LogP contribution in [0.1, 0.15) is 28.9 Å². The Bertz CT molecular complexity index is 1170. The number of benzene rings is 2. The zero-order chi connectivity index (χ0) is 21.1. The van der Waals surface area contributed by atoms with Crippen LogP contribution in [-0.2, 0) is 24.3 Å². The van der Waals surface area contributed by atoms with Crippen molar-refractivity contribution in [3.63, 3.8) is 0 Å². The Morgan fingerprint density at radius 3 is 2.57 bits per heavy atom. The van der Waals surface area contributed by atoms with Crippen LogP contribution in [0.3, 0.4) is 0 Å². The van der Waals surface area contributed by atoms with Crippen LogP contribution < -0.4 is 5.32 Å². The average Bonchev–Trinajstić information content (AvgIpc) is 3.28. The van der Waals surface area contributed by atoms with E-state index in [1.807, 2.05) is 59.7 Å². The molecule has 6 nitrogen and oxygen atoms in total. The molecular weight excluding hydrogens is 374 g/mol. The number of aromatic nitrogens is 4. The molecule has 0 radical (unpaired) electrons. The number of fused-ring (bicyclic) bond motifs is 1. The van der Waals surface area contributed by atoms with E-state index in [1.165, 1.54) is 5.56 Å². The number of para-hydroxylation sites is 1. The summed E-state index contributed by atoms with van der Waals surface area (Å²) in [5.41, 5.74) is 6.17. The van der Waals surface area contributed by atoms with Crippen molar-refractivity contribution in [2.24, 2.45) is 0 Å². The second-order valence-electron chi connectivity index (χ2n) is 7.68. The fourth-order valence-corrected chi connectivity index (χ4v) is 3.88. The van der Waals surface area contributed by atoms with Gasteiger partial charge in [0.2, 0.25) is 5.91 Å². The highest BCUT2D eigenvalue weighted by atomic mass is 16.1. The summed E-state index contributed by atoms with van der Waals surface area (Å²) in [6, 6.07) is 16.5. The molecular formula is C24H27N5O. The number of carbonyl (C=O) groups is 1. The summed E-state index contributed by atoms with van der Waals surface area (Å²) in [6.45, 7) is 7.33. The second-order valence-corrected chi connectivity index (χ2v) is 7.68. The van der Waals surface area contributed by atoms with Crippen molar-refractivity contribution in [3.8, 4) is 0 Å². The molecule has 0 unspecified atom stereocenters. The number of hydrogen-bond acceptors (Lipinski definition) is 3. The molecule has 0 atom stereocenters. The lowest BCUT2D eigenvalue weighted by molar-refractivity contribution is -0.116. The summed E-state index contributed by atoms with van der Waals surface area (Å²) in [5.74, 6) is -0.0268. The van der Waals surface area contributed by atoms with Gasteiger partial charge in [-0.15, -0.1) is 0 Å². The summed E-state index contributed by atoms with van der Waals surface area (Å²) in [7, 11) is 0. The Morgan fingerprint density at radius 2 is 1.77 bits per heavy atom. The van der Waals surface area contributed by atoms with Gasteiger partial charge in [-0.25, -0.2) is 0 Å². The topological polar surface area (TPSA) is 64.7 Å². The van der Waals surface area contributed by atoms with E-state index >= 15 is 0 Å². The number of aryl methyl sites for hydroxylation is 5. The molecule has 4 aromatic rings. The van der Waals surface area contributed by atoms with Gasteiger partial charge in [0.25, 0.3) is 0 Å². The average molecular weight is 402 g/mol. The summed E-state index contributed by atoms with van der Waals surface area (Å²) in [5, 5.41) is 13.2. The molecule has 0 saturated carbocycles. The molecule has 0 aliphatic heterocycles. The van der Waals surface area contributed by atoms with Crippen molar-refractivity contribution in [1.29, 1.82) is 0 Å². The van der Waals surface area contributed by atoms with Gasteiger partial charge in [0, 0.05) is 18.4 Å². The van der Waals surface area contributed by atoms with Crippen molar-refractivity contribution in [2.45, 2.75) is 46.7 Å². The van der Waals surface area contributed by atoms with Gasteiger partial charge in [0.1, 0.15) is 0 Å². The van der Waals surface area contributed by atoms with Gasteiger partial charge in [0.15, 0.2) is 0 Å². The minimum Gasteiger partial charge on any atom is -0.323 e. The molecule has 2 heterocycles.